The van der Waals surface area contributed by atoms with Crippen LogP contribution in [0.3, 0.4) is 0 Å². The molecule has 3 unspecified atom stereocenters. The highest BCUT2D eigenvalue weighted by Gasteiger charge is 2.91. The summed E-state index contributed by atoms with van der Waals surface area (Å²) in [6, 6.07) is 0. The van der Waals surface area contributed by atoms with Gasteiger partial charge in [0.2, 0.25) is 0 Å². The van der Waals surface area contributed by atoms with E-state index in [1.165, 1.54) is 13.8 Å². The summed E-state index contributed by atoms with van der Waals surface area (Å²) in [6.07, 6.45) is -8.34. The summed E-state index contributed by atoms with van der Waals surface area (Å²) in [5, 5.41) is 0. The first-order chi connectivity index (χ1) is 12.2. The zero-order valence-corrected chi connectivity index (χ0v) is 14.5. The Morgan fingerprint density at radius 3 is 1.36 bits per heavy atom. The lowest BCUT2D eigenvalue weighted by molar-refractivity contribution is -0.443. The zero-order valence-electron chi connectivity index (χ0n) is 14.5. The summed E-state index contributed by atoms with van der Waals surface area (Å²) in [7, 11) is 0. The average molecular weight is 444 g/mol. The molecule has 28 heavy (non-hydrogen) atoms. The van der Waals surface area contributed by atoms with Gasteiger partial charge in [0.05, 0.1) is 0 Å². The standard InChI is InChI=1S/C15H17F13/c1-3-7-5-8(4-2)9(6-7)10(16,17)11(18,19)12(20,21)13(22,23)14(24,25)15(26,27)28/h7-9H,3-6H2,1-2H3. The molecule has 1 saturated carbocycles. The van der Waals surface area contributed by atoms with E-state index in [2.05, 4.69) is 0 Å². The third kappa shape index (κ3) is 3.33. The van der Waals surface area contributed by atoms with Crippen molar-refractivity contribution in [2.24, 2.45) is 17.8 Å². The molecule has 3 atom stereocenters. The fourth-order valence-electron chi connectivity index (χ4n) is 3.48. The predicted molar refractivity (Wildman–Crippen MR) is 71.1 cm³/mol. The minimum Gasteiger partial charge on any atom is -0.199 e. The molecule has 0 amide bonds. The summed E-state index contributed by atoms with van der Waals surface area (Å²) in [5.74, 6) is -40.8. The normalized spacial score (nSPS) is 26.0. The van der Waals surface area contributed by atoms with Crippen molar-refractivity contribution in [1.29, 1.82) is 0 Å². The molecule has 1 fully saturated rings. The maximum Gasteiger partial charge on any atom is 0.460 e. The van der Waals surface area contributed by atoms with Crippen LogP contribution < -0.4 is 0 Å². The molecule has 1 aliphatic rings. The molecule has 0 aromatic heterocycles. The van der Waals surface area contributed by atoms with Crippen LogP contribution in [0.5, 0.6) is 0 Å². The summed E-state index contributed by atoms with van der Waals surface area (Å²) in [5.41, 5.74) is 0. The van der Waals surface area contributed by atoms with Crippen molar-refractivity contribution in [2.45, 2.75) is 75.3 Å². The SMILES string of the molecule is CCC1CC(CC)C(C(F)(F)C(F)(F)C(F)(F)C(F)(F)C(F)(F)C(F)(F)F)C1. The zero-order chi connectivity index (χ0) is 22.6. The second-order valence-electron chi connectivity index (χ2n) is 6.94. The Morgan fingerprint density at radius 2 is 1.00 bits per heavy atom. The molecule has 1 rings (SSSR count). The van der Waals surface area contributed by atoms with Gasteiger partial charge in [0, 0.05) is 5.92 Å². The van der Waals surface area contributed by atoms with E-state index in [0.29, 0.717) is 0 Å². The van der Waals surface area contributed by atoms with Gasteiger partial charge < -0.3 is 0 Å². The fourth-order valence-corrected chi connectivity index (χ4v) is 3.48. The molecule has 1 aliphatic carbocycles. The average Bonchev–Trinajstić information content (AvgIpc) is 2.97. The van der Waals surface area contributed by atoms with Gasteiger partial charge in [0.15, 0.2) is 0 Å². The van der Waals surface area contributed by atoms with Gasteiger partial charge in [0.1, 0.15) is 0 Å². The highest BCUT2D eigenvalue weighted by Crippen LogP contribution is 2.63. The minimum atomic E-state index is -7.82. The van der Waals surface area contributed by atoms with Gasteiger partial charge in [-0.2, -0.15) is 57.1 Å². The second-order valence-corrected chi connectivity index (χ2v) is 6.94. The van der Waals surface area contributed by atoms with Crippen LogP contribution >= 0.6 is 0 Å². The largest absolute Gasteiger partial charge is 0.460 e. The van der Waals surface area contributed by atoms with Gasteiger partial charge in [-0.25, -0.2) is 0 Å². The van der Waals surface area contributed by atoms with Crippen molar-refractivity contribution < 1.29 is 57.1 Å². The smallest absolute Gasteiger partial charge is 0.199 e. The Labute approximate surface area is 151 Å². The molecule has 168 valence electrons. The Balaban J connectivity index is 3.45. The van der Waals surface area contributed by atoms with Crippen LogP contribution in [-0.2, 0) is 0 Å². The van der Waals surface area contributed by atoms with E-state index in [4.69, 9.17) is 0 Å². The van der Waals surface area contributed by atoms with Gasteiger partial charge in [-0.1, -0.05) is 26.7 Å². The van der Waals surface area contributed by atoms with Crippen LogP contribution in [0.1, 0.15) is 39.5 Å². The number of alkyl halides is 13. The summed E-state index contributed by atoms with van der Waals surface area (Å²) < 4.78 is 172. The molecule has 0 saturated heterocycles. The Hall–Kier alpha value is -0.910. The Morgan fingerprint density at radius 1 is 0.571 bits per heavy atom. The first-order valence-electron chi connectivity index (χ1n) is 8.19. The minimum absolute atomic E-state index is 0.121. The summed E-state index contributed by atoms with van der Waals surface area (Å²) >= 11 is 0. The molecule has 0 radical (unpaired) electrons. The maximum absolute atomic E-state index is 14.3. The topological polar surface area (TPSA) is 0 Å². The van der Waals surface area contributed by atoms with Crippen LogP contribution in [-0.4, -0.2) is 35.8 Å². The van der Waals surface area contributed by atoms with Crippen LogP contribution in [0.4, 0.5) is 57.1 Å². The molecule has 13 heteroatoms. The number of hydrogen-bond acceptors (Lipinski definition) is 0. The third-order valence-electron chi connectivity index (χ3n) is 5.32. The molecule has 0 spiro atoms. The van der Waals surface area contributed by atoms with Crippen molar-refractivity contribution in [3.63, 3.8) is 0 Å². The molecule has 0 heterocycles. The lowest BCUT2D eigenvalue weighted by Crippen LogP contribution is -2.71. The molecule has 0 aromatic carbocycles. The van der Waals surface area contributed by atoms with Crippen molar-refractivity contribution >= 4 is 0 Å². The fraction of sp³-hybridized carbons (Fsp3) is 1.00. The highest BCUT2D eigenvalue weighted by atomic mass is 19.4. The molecular formula is C15H17F13. The van der Waals surface area contributed by atoms with Gasteiger partial charge in [0.25, 0.3) is 0 Å². The van der Waals surface area contributed by atoms with E-state index in [0.717, 1.165) is 0 Å². The van der Waals surface area contributed by atoms with Gasteiger partial charge in [-0.15, -0.1) is 0 Å². The summed E-state index contributed by atoms with van der Waals surface area (Å²) in [6.45, 7) is 2.72. The van der Waals surface area contributed by atoms with E-state index >= 15 is 0 Å². The van der Waals surface area contributed by atoms with Crippen LogP contribution in [0.25, 0.3) is 0 Å². The molecular weight excluding hydrogens is 427 g/mol. The van der Waals surface area contributed by atoms with Crippen LogP contribution in [0.15, 0.2) is 0 Å². The lowest BCUT2D eigenvalue weighted by Gasteiger charge is -2.42. The quantitative estimate of drug-likeness (QED) is 0.365. The highest BCUT2D eigenvalue weighted by molar-refractivity contribution is 5.12. The van der Waals surface area contributed by atoms with Crippen LogP contribution in [0.2, 0.25) is 0 Å². The number of halogens is 13. The lowest BCUT2D eigenvalue weighted by atomic mass is 9.81. The van der Waals surface area contributed by atoms with Crippen LogP contribution in [0, 0.1) is 17.8 Å². The van der Waals surface area contributed by atoms with E-state index in [1.54, 1.807) is 0 Å². The number of rotatable bonds is 7. The Kier molecular flexibility index (Phi) is 6.37. The maximum atomic E-state index is 14.3. The van der Waals surface area contributed by atoms with E-state index in [9.17, 15) is 57.1 Å². The Bertz CT molecular complexity index is 549. The second kappa shape index (κ2) is 7.10. The first-order valence-corrected chi connectivity index (χ1v) is 8.19. The van der Waals surface area contributed by atoms with Crippen molar-refractivity contribution in [3.8, 4) is 0 Å². The first kappa shape index (κ1) is 25.1. The molecule has 0 aliphatic heterocycles. The van der Waals surface area contributed by atoms with Gasteiger partial charge >= 0.3 is 35.8 Å². The van der Waals surface area contributed by atoms with E-state index in [1.807, 2.05) is 0 Å². The van der Waals surface area contributed by atoms with Crippen molar-refractivity contribution in [2.75, 3.05) is 0 Å². The monoisotopic (exact) mass is 444 g/mol. The third-order valence-corrected chi connectivity index (χ3v) is 5.32. The molecule has 0 N–H and O–H groups in total. The van der Waals surface area contributed by atoms with Crippen molar-refractivity contribution in [1.82, 2.24) is 0 Å². The van der Waals surface area contributed by atoms with Gasteiger partial charge in [-0.3, -0.25) is 0 Å². The molecule has 0 nitrogen and oxygen atoms in total. The summed E-state index contributed by atoms with van der Waals surface area (Å²) in [4.78, 5) is 0. The van der Waals surface area contributed by atoms with E-state index < -0.39 is 60.0 Å². The van der Waals surface area contributed by atoms with E-state index in [-0.39, 0.29) is 19.3 Å². The molecule has 0 aromatic rings. The predicted octanol–water partition coefficient (Wildman–Crippen LogP) is 7.19. The number of hydrogen-bond donors (Lipinski definition) is 0. The van der Waals surface area contributed by atoms with Gasteiger partial charge in [-0.05, 0) is 24.7 Å². The van der Waals surface area contributed by atoms with Crippen molar-refractivity contribution in [3.05, 3.63) is 0 Å². The molecule has 0 bridgehead atoms.